The molecule has 4 aromatic rings. The maximum Gasteiger partial charge on any atom is 0.159 e. The van der Waals surface area contributed by atoms with Crippen molar-refractivity contribution in [2.75, 3.05) is 6.61 Å². The molecule has 4 N–H and O–H groups in total. The van der Waals surface area contributed by atoms with Crippen LogP contribution in [0, 0.1) is 0 Å². The average Bonchev–Trinajstić information content (AvgIpc) is 2.97. The van der Waals surface area contributed by atoms with Crippen LogP contribution in [-0.4, -0.2) is 54.5 Å². The summed E-state index contributed by atoms with van der Waals surface area (Å²) < 4.78 is 4.97. The van der Waals surface area contributed by atoms with Crippen molar-refractivity contribution in [3.63, 3.8) is 0 Å². The van der Waals surface area contributed by atoms with E-state index < -0.39 is 34.0 Å². The molecule has 0 bridgehead atoms. The summed E-state index contributed by atoms with van der Waals surface area (Å²) in [6, 6.07) is 37.6. The maximum atomic E-state index is 13.1. The molecule has 208 valence electrons. The van der Waals surface area contributed by atoms with Gasteiger partial charge in [0.25, 0.3) is 0 Å². The molecule has 0 radical (unpaired) electrons. The van der Waals surface area contributed by atoms with Crippen molar-refractivity contribution >= 4 is 15.9 Å². The standard InChI is InChI=1S/C34H35BrO5/c35-34(24-29-19-11-4-12-20-29)33(39,23-28-17-9-3-10-18-28)32(38,22-27-15-7-2-8-16-27)31(37,30(25-36)40-34)21-26-13-5-1-6-14-26/h1-20,30,36-39H,21-25H2/t30-,31-,32+,33-,34+/m1/s1. The molecule has 0 amide bonds. The van der Waals surface area contributed by atoms with Gasteiger partial charge in [-0.05, 0) is 22.3 Å². The third-order valence-electron chi connectivity index (χ3n) is 8.24. The van der Waals surface area contributed by atoms with Crippen molar-refractivity contribution in [1.82, 2.24) is 0 Å². The Kier molecular flexibility index (Phi) is 8.30. The van der Waals surface area contributed by atoms with E-state index in [1.165, 1.54) is 0 Å². The first-order chi connectivity index (χ1) is 19.2. The number of hydrogen-bond acceptors (Lipinski definition) is 5. The number of hydrogen-bond donors (Lipinski definition) is 4. The molecular formula is C34H35BrO5. The Balaban J connectivity index is 1.74. The van der Waals surface area contributed by atoms with Gasteiger partial charge in [0.05, 0.1) is 6.61 Å². The molecular weight excluding hydrogens is 568 g/mol. The Bertz CT molecular complexity index is 1370. The second-order valence-electron chi connectivity index (χ2n) is 10.8. The zero-order valence-corrected chi connectivity index (χ0v) is 23.8. The molecule has 5 rings (SSSR count). The highest BCUT2D eigenvalue weighted by Gasteiger charge is 2.75. The van der Waals surface area contributed by atoms with Crippen molar-refractivity contribution < 1.29 is 25.2 Å². The molecule has 0 unspecified atom stereocenters. The van der Waals surface area contributed by atoms with Gasteiger partial charge < -0.3 is 25.2 Å². The van der Waals surface area contributed by atoms with E-state index in [1.807, 2.05) is 121 Å². The van der Waals surface area contributed by atoms with Crippen LogP contribution in [0.15, 0.2) is 121 Å². The first kappa shape index (κ1) is 28.7. The molecule has 0 aromatic heterocycles. The lowest BCUT2D eigenvalue weighted by molar-refractivity contribution is -0.366. The molecule has 1 saturated heterocycles. The molecule has 5 nitrogen and oxygen atoms in total. The molecule has 4 aromatic carbocycles. The fourth-order valence-corrected chi connectivity index (χ4v) is 7.13. The summed E-state index contributed by atoms with van der Waals surface area (Å²) >= 11 is 3.77. The van der Waals surface area contributed by atoms with E-state index in [0.717, 1.165) is 22.3 Å². The number of halogens is 1. The van der Waals surface area contributed by atoms with E-state index in [1.54, 1.807) is 0 Å². The van der Waals surface area contributed by atoms with Gasteiger partial charge in [-0.3, -0.25) is 0 Å². The lowest BCUT2D eigenvalue weighted by Gasteiger charge is -2.64. The number of alkyl halides is 1. The Morgan fingerprint density at radius 1 is 0.525 bits per heavy atom. The summed E-state index contributed by atoms with van der Waals surface area (Å²) in [6.45, 7) is -0.565. The number of ether oxygens (including phenoxy) is 1. The van der Waals surface area contributed by atoms with Crippen molar-refractivity contribution in [2.24, 2.45) is 0 Å². The first-order valence-electron chi connectivity index (χ1n) is 13.5. The zero-order valence-electron chi connectivity index (χ0n) is 22.2. The number of rotatable bonds is 9. The molecule has 6 heteroatoms. The summed E-state index contributed by atoms with van der Waals surface area (Å²) in [5.74, 6) is 0. The number of aliphatic hydroxyl groups is 4. The second kappa shape index (κ2) is 11.6. The van der Waals surface area contributed by atoms with Gasteiger partial charge in [0, 0.05) is 25.7 Å². The zero-order chi connectivity index (χ0) is 28.3. The Morgan fingerprint density at radius 2 is 0.875 bits per heavy atom. The average molecular weight is 604 g/mol. The van der Waals surface area contributed by atoms with E-state index in [2.05, 4.69) is 15.9 Å². The minimum Gasteiger partial charge on any atom is -0.394 e. The topological polar surface area (TPSA) is 90.2 Å². The monoisotopic (exact) mass is 602 g/mol. The van der Waals surface area contributed by atoms with Crippen LogP contribution in [0.4, 0.5) is 0 Å². The van der Waals surface area contributed by atoms with Crippen LogP contribution in [0.25, 0.3) is 0 Å². The summed E-state index contributed by atoms with van der Waals surface area (Å²) in [5, 5.41) is 49.5. The van der Waals surface area contributed by atoms with Crippen LogP contribution in [0.3, 0.4) is 0 Å². The van der Waals surface area contributed by atoms with E-state index in [0.29, 0.717) is 0 Å². The van der Waals surface area contributed by atoms with Crippen LogP contribution in [-0.2, 0) is 30.4 Å². The molecule has 0 spiro atoms. The van der Waals surface area contributed by atoms with E-state index >= 15 is 0 Å². The normalized spacial score (nSPS) is 30.2. The van der Waals surface area contributed by atoms with Crippen molar-refractivity contribution in [3.05, 3.63) is 144 Å². The third kappa shape index (κ3) is 5.16. The van der Waals surface area contributed by atoms with Crippen LogP contribution < -0.4 is 0 Å². The molecule has 1 heterocycles. The molecule has 0 saturated carbocycles. The number of aliphatic hydroxyl groups excluding tert-OH is 1. The summed E-state index contributed by atoms with van der Waals surface area (Å²) in [4.78, 5) is 0. The predicted molar refractivity (Wildman–Crippen MR) is 159 cm³/mol. The summed E-state index contributed by atoms with van der Waals surface area (Å²) in [6.07, 6.45) is -1.20. The van der Waals surface area contributed by atoms with Gasteiger partial charge in [-0.25, -0.2) is 0 Å². The van der Waals surface area contributed by atoms with Crippen LogP contribution in [0.2, 0.25) is 0 Å². The van der Waals surface area contributed by atoms with E-state index in [9.17, 15) is 20.4 Å². The van der Waals surface area contributed by atoms with Gasteiger partial charge in [0.2, 0.25) is 0 Å². The lowest BCUT2D eigenvalue weighted by atomic mass is 9.57. The minimum atomic E-state index is -2.18. The van der Waals surface area contributed by atoms with Crippen LogP contribution >= 0.6 is 15.9 Å². The molecule has 40 heavy (non-hydrogen) atoms. The Labute approximate surface area is 243 Å². The summed E-state index contributed by atoms with van der Waals surface area (Å²) in [7, 11) is 0. The maximum absolute atomic E-state index is 13.1. The van der Waals surface area contributed by atoms with Gasteiger partial charge in [-0.2, -0.15) is 0 Å². The highest BCUT2D eigenvalue weighted by molar-refractivity contribution is 9.10. The quantitative estimate of drug-likeness (QED) is 0.210. The van der Waals surface area contributed by atoms with Gasteiger partial charge >= 0.3 is 0 Å². The van der Waals surface area contributed by atoms with Crippen molar-refractivity contribution in [1.29, 1.82) is 0 Å². The molecule has 1 aliphatic rings. The molecule has 5 atom stereocenters. The smallest absolute Gasteiger partial charge is 0.159 e. The second-order valence-corrected chi connectivity index (χ2v) is 12.1. The predicted octanol–water partition coefficient (Wildman–Crippen LogP) is 4.63. The highest BCUT2D eigenvalue weighted by Crippen LogP contribution is 2.56. The minimum absolute atomic E-state index is 0.0233. The van der Waals surface area contributed by atoms with Crippen LogP contribution in [0.5, 0.6) is 0 Å². The largest absolute Gasteiger partial charge is 0.394 e. The van der Waals surface area contributed by atoms with E-state index in [4.69, 9.17) is 4.74 Å². The lowest BCUT2D eigenvalue weighted by Crippen LogP contribution is -2.85. The molecule has 1 aliphatic heterocycles. The first-order valence-corrected chi connectivity index (χ1v) is 14.3. The van der Waals surface area contributed by atoms with Crippen molar-refractivity contribution in [3.8, 4) is 0 Å². The van der Waals surface area contributed by atoms with Crippen molar-refractivity contribution in [2.45, 2.75) is 53.1 Å². The number of benzene rings is 4. The molecule has 1 fully saturated rings. The molecule has 0 aliphatic carbocycles. The fraction of sp³-hybridized carbons (Fsp3) is 0.294. The highest BCUT2D eigenvalue weighted by atomic mass is 79.9. The van der Waals surface area contributed by atoms with Gasteiger partial charge in [-0.15, -0.1) is 0 Å². The Hall–Kier alpha value is -2.84. The SMILES string of the molecule is OC[C@H]1O[C@@](Br)(Cc2ccccc2)[C@@](O)(Cc2ccccc2)[C@](O)(Cc2ccccc2)[C@@]1(O)Cc1ccccc1. The summed E-state index contributed by atoms with van der Waals surface area (Å²) in [5.41, 5.74) is -3.23. The van der Waals surface area contributed by atoms with Gasteiger partial charge in [0.1, 0.15) is 22.9 Å². The van der Waals surface area contributed by atoms with Crippen LogP contribution in [0.1, 0.15) is 22.3 Å². The van der Waals surface area contributed by atoms with Gasteiger partial charge in [-0.1, -0.05) is 137 Å². The van der Waals surface area contributed by atoms with Gasteiger partial charge in [0.15, 0.2) is 4.51 Å². The third-order valence-corrected chi connectivity index (χ3v) is 9.37. The van der Waals surface area contributed by atoms with E-state index in [-0.39, 0.29) is 25.7 Å². The fourth-order valence-electron chi connectivity index (χ4n) is 6.12. The Morgan fingerprint density at radius 3 is 1.27 bits per heavy atom.